The van der Waals surface area contributed by atoms with E-state index in [-0.39, 0.29) is 16.4 Å². The van der Waals surface area contributed by atoms with E-state index < -0.39 is 9.84 Å². The zero-order valence-corrected chi connectivity index (χ0v) is 16.6. The largest absolute Gasteiger partial charge is 0.487 e. The second-order valence-electron chi connectivity index (χ2n) is 6.59. The summed E-state index contributed by atoms with van der Waals surface area (Å²) in [7, 11) is -3.54. The number of ether oxygens (including phenoxy) is 1. The van der Waals surface area contributed by atoms with Gasteiger partial charge in [0, 0.05) is 5.56 Å². The van der Waals surface area contributed by atoms with Gasteiger partial charge in [-0.1, -0.05) is 35.9 Å². The van der Waals surface area contributed by atoms with Gasteiger partial charge in [-0.2, -0.15) is 0 Å². The van der Waals surface area contributed by atoms with Crippen molar-refractivity contribution in [3.63, 3.8) is 0 Å². The summed E-state index contributed by atoms with van der Waals surface area (Å²) < 4.78 is 36.5. The minimum atomic E-state index is -3.54. The summed E-state index contributed by atoms with van der Waals surface area (Å²) in [6, 6.07) is 22.6. The number of benzene rings is 3. The van der Waals surface area contributed by atoms with Crippen LogP contribution in [0.2, 0.25) is 0 Å². The van der Waals surface area contributed by atoms with Gasteiger partial charge in [-0.3, -0.25) is 0 Å². The molecule has 0 saturated heterocycles. The van der Waals surface area contributed by atoms with E-state index in [2.05, 4.69) is 4.98 Å². The quantitative estimate of drug-likeness (QED) is 0.448. The Kier molecular flexibility index (Phi) is 5.18. The molecule has 4 aromatic rings. The average molecular weight is 405 g/mol. The molecule has 1 heterocycles. The van der Waals surface area contributed by atoms with E-state index >= 15 is 0 Å². The Hall–Kier alpha value is -3.38. The van der Waals surface area contributed by atoms with Crippen molar-refractivity contribution in [2.45, 2.75) is 23.3 Å². The van der Waals surface area contributed by atoms with E-state index in [0.29, 0.717) is 17.3 Å². The standard InChI is InChI=1S/C23H19NO4S/c1-17-7-9-18(10-8-17)23-24-19(16-28-23)15-27-20-11-13-22(14-12-20)29(25,26)21-5-3-2-4-6-21/h2-14,16H,15H2,1H3. The van der Waals surface area contributed by atoms with Crippen LogP contribution in [-0.4, -0.2) is 13.4 Å². The fourth-order valence-electron chi connectivity index (χ4n) is 2.81. The van der Waals surface area contributed by atoms with Crippen molar-refractivity contribution < 1.29 is 17.6 Å². The second-order valence-corrected chi connectivity index (χ2v) is 8.54. The molecule has 0 radical (unpaired) electrons. The van der Waals surface area contributed by atoms with E-state index in [9.17, 15) is 8.42 Å². The lowest BCUT2D eigenvalue weighted by molar-refractivity contribution is 0.301. The summed E-state index contributed by atoms with van der Waals surface area (Å²) in [5.74, 6) is 1.09. The predicted molar refractivity (Wildman–Crippen MR) is 109 cm³/mol. The van der Waals surface area contributed by atoms with E-state index in [1.807, 2.05) is 31.2 Å². The molecule has 0 unspecified atom stereocenters. The van der Waals surface area contributed by atoms with Crippen molar-refractivity contribution in [1.82, 2.24) is 4.98 Å². The topological polar surface area (TPSA) is 69.4 Å². The summed E-state index contributed by atoms with van der Waals surface area (Å²) in [6.45, 7) is 2.25. The van der Waals surface area contributed by atoms with Crippen molar-refractivity contribution in [3.05, 3.63) is 96.4 Å². The number of rotatable bonds is 6. The number of hydrogen-bond donors (Lipinski definition) is 0. The molecule has 3 aromatic carbocycles. The fraction of sp³-hybridized carbons (Fsp3) is 0.0870. The molecule has 6 heteroatoms. The van der Waals surface area contributed by atoms with Gasteiger partial charge in [0.15, 0.2) is 0 Å². The molecule has 0 aliphatic carbocycles. The van der Waals surface area contributed by atoms with Gasteiger partial charge >= 0.3 is 0 Å². The molecule has 0 bridgehead atoms. The van der Waals surface area contributed by atoms with Crippen LogP contribution in [0.5, 0.6) is 5.75 Å². The summed E-state index contributed by atoms with van der Waals surface area (Å²) in [5, 5.41) is 0. The van der Waals surface area contributed by atoms with Crippen molar-refractivity contribution in [1.29, 1.82) is 0 Å². The SMILES string of the molecule is Cc1ccc(-c2nc(COc3ccc(S(=O)(=O)c4ccccc4)cc3)co2)cc1. The van der Waals surface area contributed by atoms with Gasteiger partial charge < -0.3 is 9.15 Å². The zero-order valence-electron chi connectivity index (χ0n) is 15.8. The van der Waals surface area contributed by atoms with Gasteiger partial charge in [0.1, 0.15) is 24.3 Å². The first-order valence-corrected chi connectivity index (χ1v) is 10.6. The normalized spacial score (nSPS) is 11.3. The molecule has 0 amide bonds. The smallest absolute Gasteiger partial charge is 0.226 e. The molecule has 146 valence electrons. The maximum absolute atomic E-state index is 12.6. The molecule has 29 heavy (non-hydrogen) atoms. The highest BCUT2D eigenvalue weighted by molar-refractivity contribution is 7.91. The Morgan fingerprint density at radius 1 is 0.862 bits per heavy atom. The number of sulfone groups is 1. The molecule has 0 atom stereocenters. The van der Waals surface area contributed by atoms with Crippen LogP contribution in [-0.2, 0) is 16.4 Å². The van der Waals surface area contributed by atoms with E-state index in [0.717, 1.165) is 5.56 Å². The summed E-state index contributed by atoms with van der Waals surface area (Å²) in [4.78, 5) is 4.92. The molecule has 0 saturated carbocycles. The molecule has 0 aliphatic rings. The van der Waals surface area contributed by atoms with Crippen molar-refractivity contribution >= 4 is 9.84 Å². The fourth-order valence-corrected chi connectivity index (χ4v) is 4.09. The van der Waals surface area contributed by atoms with Crippen LogP contribution in [0.25, 0.3) is 11.5 Å². The predicted octanol–water partition coefficient (Wildman–Crippen LogP) is 5.06. The Morgan fingerprint density at radius 3 is 2.21 bits per heavy atom. The van der Waals surface area contributed by atoms with Crippen LogP contribution in [0, 0.1) is 6.92 Å². The summed E-state index contributed by atoms with van der Waals surface area (Å²) in [6.07, 6.45) is 1.56. The Balaban J connectivity index is 1.43. The number of aromatic nitrogens is 1. The van der Waals surface area contributed by atoms with Crippen LogP contribution in [0.3, 0.4) is 0 Å². The van der Waals surface area contributed by atoms with Crippen molar-refractivity contribution in [3.8, 4) is 17.2 Å². The Labute approximate surface area is 169 Å². The van der Waals surface area contributed by atoms with Crippen LogP contribution in [0.1, 0.15) is 11.3 Å². The first kappa shape index (κ1) is 19.0. The summed E-state index contributed by atoms with van der Waals surface area (Å²) >= 11 is 0. The highest BCUT2D eigenvalue weighted by atomic mass is 32.2. The zero-order chi connectivity index (χ0) is 20.3. The third-order valence-corrected chi connectivity index (χ3v) is 6.21. The van der Waals surface area contributed by atoms with Crippen LogP contribution in [0.4, 0.5) is 0 Å². The van der Waals surface area contributed by atoms with Crippen LogP contribution >= 0.6 is 0 Å². The molecule has 0 spiro atoms. The molecular weight excluding hydrogens is 386 g/mol. The molecule has 1 aromatic heterocycles. The third kappa shape index (κ3) is 4.22. The maximum Gasteiger partial charge on any atom is 0.226 e. The second kappa shape index (κ2) is 7.93. The monoisotopic (exact) mass is 405 g/mol. The first-order chi connectivity index (χ1) is 14.0. The Morgan fingerprint density at radius 2 is 1.52 bits per heavy atom. The van der Waals surface area contributed by atoms with Gasteiger partial charge in [-0.25, -0.2) is 13.4 Å². The van der Waals surface area contributed by atoms with Gasteiger partial charge in [0.2, 0.25) is 15.7 Å². The Bertz CT molecular complexity index is 1200. The number of aryl methyl sites for hydroxylation is 1. The lowest BCUT2D eigenvalue weighted by atomic mass is 10.1. The highest BCUT2D eigenvalue weighted by Crippen LogP contribution is 2.24. The minimum absolute atomic E-state index is 0.221. The molecule has 0 N–H and O–H groups in total. The molecular formula is C23H19NO4S. The number of oxazole rings is 1. The highest BCUT2D eigenvalue weighted by Gasteiger charge is 2.17. The van der Waals surface area contributed by atoms with Crippen molar-refractivity contribution in [2.24, 2.45) is 0 Å². The maximum atomic E-state index is 12.6. The number of nitrogens with zero attached hydrogens (tertiary/aromatic N) is 1. The molecule has 0 aliphatic heterocycles. The van der Waals surface area contributed by atoms with Gasteiger partial charge in [-0.15, -0.1) is 0 Å². The van der Waals surface area contributed by atoms with E-state index in [1.54, 1.807) is 48.7 Å². The minimum Gasteiger partial charge on any atom is -0.487 e. The molecule has 4 rings (SSSR count). The first-order valence-electron chi connectivity index (χ1n) is 9.07. The number of hydrogen-bond acceptors (Lipinski definition) is 5. The van der Waals surface area contributed by atoms with Gasteiger partial charge in [0.05, 0.1) is 9.79 Å². The van der Waals surface area contributed by atoms with Gasteiger partial charge in [-0.05, 0) is 55.5 Å². The van der Waals surface area contributed by atoms with E-state index in [4.69, 9.17) is 9.15 Å². The average Bonchev–Trinajstić information content (AvgIpc) is 3.23. The van der Waals surface area contributed by atoms with E-state index in [1.165, 1.54) is 17.7 Å². The van der Waals surface area contributed by atoms with Gasteiger partial charge in [0.25, 0.3) is 0 Å². The molecule has 0 fully saturated rings. The van der Waals surface area contributed by atoms with Crippen LogP contribution in [0.15, 0.2) is 99.3 Å². The van der Waals surface area contributed by atoms with Crippen molar-refractivity contribution in [2.75, 3.05) is 0 Å². The lowest BCUT2D eigenvalue weighted by Crippen LogP contribution is -2.02. The van der Waals surface area contributed by atoms with Crippen LogP contribution < -0.4 is 4.74 Å². The summed E-state index contributed by atoms with van der Waals surface area (Å²) in [5.41, 5.74) is 2.72. The lowest BCUT2D eigenvalue weighted by Gasteiger charge is -2.07. The molecule has 5 nitrogen and oxygen atoms in total. The third-order valence-electron chi connectivity index (χ3n) is 4.42.